The van der Waals surface area contributed by atoms with Crippen molar-refractivity contribution in [2.45, 2.75) is 26.8 Å². The highest BCUT2D eigenvalue weighted by molar-refractivity contribution is 7.89. The maximum Gasteiger partial charge on any atom is 0.213 e. The van der Waals surface area contributed by atoms with Gasteiger partial charge in [-0.3, -0.25) is 0 Å². The molecule has 0 amide bonds. The zero-order chi connectivity index (χ0) is 9.78. The van der Waals surface area contributed by atoms with E-state index in [2.05, 4.69) is 4.72 Å². The van der Waals surface area contributed by atoms with Gasteiger partial charge >= 0.3 is 0 Å². The molecule has 1 atom stereocenters. The van der Waals surface area contributed by atoms with Crippen LogP contribution in [0, 0.1) is 5.92 Å². The zero-order valence-corrected chi connectivity index (χ0v) is 8.69. The number of hydrogen-bond acceptors (Lipinski definition) is 3. The average Bonchev–Trinajstić information content (AvgIpc) is 1.85. The molecule has 0 rings (SSSR count). The number of sulfonamides is 1. The summed E-state index contributed by atoms with van der Waals surface area (Å²) in [6.07, 6.45) is 0. The summed E-state index contributed by atoms with van der Waals surface area (Å²) in [5, 5.41) is 0. The summed E-state index contributed by atoms with van der Waals surface area (Å²) in [5.41, 5.74) is 5.15. The summed E-state index contributed by atoms with van der Waals surface area (Å²) in [4.78, 5) is 0. The van der Waals surface area contributed by atoms with Crippen LogP contribution in [0.3, 0.4) is 0 Å². The zero-order valence-electron chi connectivity index (χ0n) is 7.87. The molecule has 0 aliphatic carbocycles. The van der Waals surface area contributed by atoms with E-state index in [0.717, 1.165) is 0 Å². The van der Waals surface area contributed by atoms with Gasteiger partial charge in [-0.1, -0.05) is 13.8 Å². The van der Waals surface area contributed by atoms with Gasteiger partial charge in [-0.25, -0.2) is 13.1 Å². The summed E-state index contributed by atoms with van der Waals surface area (Å²) in [6, 6.07) is -0.0263. The molecular formula is C7H18N2O2S. The van der Waals surface area contributed by atoms with Crippen LogP contribution in [0.1, 0.15) is 20.8 Å². The molecule has 0 heterocycles. The third-order valence-corrected chi connectivity index (χ3v) is 3.26. The molecular weight excluding hydrogens is 176 g/mol. The fourth-order valence-corrected chi connectivity index (χ4v) is 1.90. The minimum absolute atomic E-state index is 0.00403. The van der Waals surface area contributed by atoms with Gasteiger partial charge in [-0.15, -0.1) is 0 Å². The Hall–Kier alpha value is -0.130. The van der Waals surface area contributed by atoms with Crippen molar-refractivity contribution in [2.24, 2.45) is 11.7 Å². The molecule has 3 N–H and O–H groups in total. The van der Waals surface area contributed by atoms with Crippen molar-refractivity contribution < 1.29 is 8.42 Å². The van der Waals surface area contributed by atoms with Gasteiger partial charge in [0.1, 0.15) is 0 Å². The lowest BCUT2D eigenvalue weighted by atomic mass is 10.1. The van der Waals surface area contributed by atoms with Crippen LogP contribution in [-0.4, -0.2) is 26.8 Å². The van der Waals surface area contributed by atoms with E-state index >= 15 is 0 Å². The van der Waals surface area contributed by atoms with Crippen LogP contribution in [0.25, 0.3) is 0 Å². The lowest BCUT2D eigenvalue weighted by Gasteiger charge is -2.16. The predicted octanol–water partition coefficient (Wildman–Crippen LogP) is -0.0910. The minimum atomic E-state index is -3.15. The molecule has 5 heteroatoms. The molecule has 0 spiro atoms. The third-order valence-electron chi connectivity index (χ3n) is 1.75. The first kappa shape index (κ1) is 11.9. The SMILES string of the molecule is CC(C)C(C)NS(=O)(=O)CCN. The van der Waals surface area contributed by atoms with Gasteiger partial charge in [-0.05, 0) is 12.8 Å². The standard InChI is InChI=1S/C7H18N2O2S/c1-6(2)7(3)9-12(10,11)5-4-8/h6-7,9H,4-5,8H2,1-3H3. The Morgan fingerprint density at radius 3 is 2.17 bits per heavy atom. The summed E-state index contributed by atoms with van der Waals surface area (Å²) in [6.45, 7) is 5.95. The summed E-state index contributed by atoms with van der Waals surface area (Å²) >= 11 is 0. The Bertz CT molecular complexity index is 211. The monoisotopic (exact) mass is 194 g/mol. The Morgan fingerprint density at radius 1 is 1.33 bits per heavy atom. The highest BCUT2D eigenvalue weighted by atomic mass is 32.2. The van der Waals surface area contributed by atoms with E-state index in [4.69, 9.17) is 5.73 Å². The molecule has 0 aliphatic heterocycles. The number of hydrogen-bond donors (Lipinski definition) is 2. The molecule has 0 bridgehead atoms. The molecule has 4 nitrogen and oxygen atoms in total. The first-order valence-electron chi connectivity index (χ1n) is 4.09. The number of nitrogens with two attached hydrogens (primary N) is 1. The van der Waals surface area contributed by atoms with Crippen LogP contribution in [0.4, 0.5) is 0 Å². The van der Waals surface area contributed by atoms with E-state index in [0.29, 0.717) is 5.92 Å². The van der Waals surface area contributed by atoms with E-state index in [-0.39, 0.29) is 18.3 Å². The normalized spacial score (nSPS) is 15.1. The van der Waals surface area contributed by atoms with Gasteiger partial charge in [0.05, 0.1) is 5.75 Å². The summed E-state index contributed by atoms with van der Waals surface area (Å²) < 4.78 is 24.9. The Labute approximate surface area is 74.6 Å². The van der Waals surface area contributed by atoms with E-state index in [1.165, 1.54) is 0 Å². The van der Waals surface area contributed by atoms with E-state index in [1.807, 2.05) is 20.8 Å². The van der Waals surface area contributed by atoms with Crippen molar-refractivity contribution in [3.05, 3.63) is 0 Å². The quantitative estimate of drug-likeness (QED) is 0.642. The molecule has 74 valence electrons. The Kier molecular flexibility index (Phi) is 4.74. The molecule has 0 saturated heterocycles. The van der Waals surface area contributed by atoms with Crippen LogP contribution in [-0.2, 0) is 10.0 Å². The van der Waals surface area contributed by atoms with Gasteiger partial charge in [0.15, 0.2) is 0 Å². The maximum atomic E-state index is 11.2. The summed E-state index contributed by atoms with van der Waals surface area (Å²) in [7, 11) is -3.15. The van der Waals surface area contributed by atoms with Crippen molar-refractivity contribution in [1.29, 1.82) is 0 Å². The van der Waals surface area contributed by atoms with Crippen molar-refractivity contribution in [3.63, 3.8) is 0 Å². The molecule has 0 fully saturated rings. The van der Waals surface area contributed by atoms with Gasteiger partial charge in [0, 0.05) is 12.6 Å². The van der Waals surface area contributed by atoms with Crippen LogP contribution in [0.2, 0.25) is 0 Å². The average molecular weight is 194 g/mol. The molecule has 0 radical (unpaired) electrons. The fourth-order valence-electron chi connectivity index (χ4n) is 0.633. The highest BCUT2D eigenvalue weighted by Gasteiger charge is 2.15. The molecule has 0 aromatic rings. The van der Waals surface area contributed by atoms with E-state index < -0.39 is 10.0 Å². The van der Waals surface area contributed by atoms with E-state index in [9.17, 15) is 8.42 Å². The van der Waals surface area contributed by atoms with Gasteiger partial charge < -0.3 is 5.73 Å². The highest BCUT2D eigenvalue weighted by Crippen LogP contribution is 2.01. The molecule has 1 unspecified atom stereocenters. The largest absolute Gasteiger partial charge is 0.329 e. The van der Waals surface area contributed by atoms with Gasteiger partial charge in [-0.2, -0.15) is 0 Å². The third kappa shape index (κ3) is 4.69. The van der Waals surface area contributed by atoms with Crippen LogP contribution < -0.4 is 10.5 Å². The van der Waals surface area contributed by atoms with Crippen LogP contribution >= 0.6 is 0 Å². The Balaban J connectivity index is 4.07. The first-order valence-corrected chi connectivity index (χ1v) is 5.74. The first-order chi connectivity index (χ1) is 5.39. The van der Waals surface area contributed by atoms with Crippen molar-refractivity contribution in [3.8, 4) is 0 Å². The topological polar surface area (TPSA) is 72.2 Å². The second-order valence-electron chi connectivity index (χ2n) is 3.26. The lowest BCUT2D eigenvalue weighted by Crippen LogP contribution is -2.39. The molecule has 0 saturated carbocycles. The fraction of sp³-hybridized carbons (Fsp3) is 1.00. The van der Waals surface area contributed by atoms with Crippen molar-refractivity contribution in [1.82, 2.24) is 4.72 Å². The van der Waals surface area contributed by atoms with Crippen LogP contribution in [0.15, 0.2) is 0 Å². The summed E-state index contributed by atoms with van der Waals surface area (Å²) in [5.74, 6) is 0.307. The smallest absolute Gasteiger partial charge is 0.213 e. The van der Waals surface area contributed by atoms with Gasteiger partial charge in [0.2, 0.25) is 10.0 Å². The second kappa shape index (κ2) is 4.79. The number of nitrogens with one attached hydrogen (secondary N) is 1. The van der Waals surface area contributed by atoms with Crippen molar-refractivity contribution >= 4 is 10.0 Å². The predicted molar refractivity (Wildman–Crippen MR) is 50.3 cm³/mol. The maximum absolute atomic E-state index is 11.2. The van der Waals surface area contributed by atoms with Crippen molar-refractivity contribution in [2.75, 3.05) is 12.3 Å². The molecule has 12 heavy (non-hydrogen) atoms. The number of rotatable bonds is 5. The lowest BCUT2D eigenvalue weighted by molar-refractivity contribution is 0.476. The molecule has 0 aromatic heterocycles. The Morgan fingerprint density at radius 2 is 1.83 bits per heavy atom. The second-order valence-corrected chi connectivity index (χ2v) is 5.13. The van der Waals surface area contributed by atoms with Gasteiger partial charge in [0.25, 0.3) is 0 Å². The molecule has 0 aromatic carbocycles. The minimum Gasteiger partial charge on any atom is -0.329 e. The molecule has 0 aliphatic rings. The van der Waals surface area contributed by atoms with E-state index in [1.54, 1.807) is 0 Å². The van der Waals surface area contributed by atoms with Crippen LogP contribution in [0.5, 0.6) is 0 Å².